The van der Waals surface area contributed by atoms with E-state index in [1.807, 2.05) is 58.0 Å². The molecule has 0 aliphatic heterocycles. The van der Waals surface area contributed by atoms with Crippen LogP contribution >= 0.6 is 24.0 Å². The predicted molar refractivity (Wildman–Crippen MR) is 127 cm³/mol. The summed E-state index contributed by atoms with van der Waals surface area (Å²) in [7, 11) is 0. The van der Waals surface area contributed by atoms with E-state index < -0.39 is 11.7 Å². The summed E-state index contributed by atoms with van der Waals surface area (Å²) >= 11 is 0. The Morgan fingerprint density at radius 1 is 1.00 bits per heavy atom. The van der Waals surface area contributed by atoms with Crippen LogP contribution in [0.1, 0.15) is 39.7 Å². The summed E-state index contributed by atoms with van der Waals surface area (Å²) in [5, 5.41) is 11.8. The summed E-state index contributed by atoms with van der Waals surface area (Å²) in [5.74, 6) is 0.555. The van der Waals surface area contributed by atoms with E-state index in [-0.39, 0.29) is 29.9 Å². The minimum atomic E-state index is -0.519. The number of carbonyl (C=O) groups is 2. The highest BCUT2D eigenvalue weighted by molar-refractivity contribution is 14.0. The number of guanidine groups is 1. The topological polar surface area (TPSA) is 104 Å². The van der Waals surface area contributed by atoms with E-state index in [1.165, 1.54) is 0 Å². The minimum Gasteiger partial charge on any atom is -0.444 e. The average molecular weight is 519 g/mol. The number of rotatable bonds is 9. The number of nitrogens with one attached hydrogen (secondary N) is 4. The van der Waals surface area contributed by atoms with Gasteiger partial charge in [-0.15, -0.1) is 24.0 Å². The van der Waals surface area contributed by atoms with Gasteiger partial charge < -0.3 is 26.0 Å². The van der Waals surface area contributed by atoms with Crippen LogP contribution in [0.25, 0.3) is 0 Å². The Labute approximate surface area is 190 Å². The largest absolute Gasteiger partial charge is 0.444 e. The Hall–Kier alpha value is -2.04. The molecule has 0 aliphatic carbocycles. The van der Waals surface area contributed by atoms with Crippen LogP contribution in [0.15, 0.2) is 35.3 Å². The number of aliphatic imine (C=N–C) groups is 1. The molecule has 164 valence electrons. The molecule has 9 heteroatoms. The third-order valence-corrected chi connectivity index (χ3v) is 3.37. The molecule has 0 heterocycles. The van der Waals surface area contributed by atoms with E-state index >= 15 is 0 Å². The summed E-state index contributed by atoms with van der Waals surface area (Å²) in [4.78, 5) is 27.9. The highest BCUT2D eigenvalue weighted by atomic mass is 127. The Morgan fingerprint density at radius 3 is 2.28 bits per heavy atom. The van der Waals surface area contributed by atoms with Gasteiger partial charge in [0.05, 0.1) is 6.54 Å². The van der Waals surface area contributed by atoms with Crippen molar-refractivity contribution < 1.29 is 14.3 Å². The Bertz CT molecular complexity index is 633. The molecule has 0 radical (unpaired) electrons. The minimum absolute atomic E-state index is 0. The number of hydrogen-bond acceptors (Lipinski definition) is 4. The Morgan fingerprint density at radius 2 is 1.66 bits per heavy atom. The molecule has 0 spiro atoms. The molecule has 1 aromatic carbocycles. The molecule has 0 bridgehead atoms. The first kappa shape index (κ1) is 27.0. The molecular formula is C20H34IN5O3. The third-order valence-electron chi connectivity index (χ3n) is 3.37. The number of amides is 2. The van der Waals surface area contributed by atoms with Crippen LogP contribution in [0, 0.1) is 0 Å². The molecule has 4 N–H and O–H groups in total. The van der Waals surface area contributed by atoms with Gasteiger partial charge in [0, 0.05) is 32.6 Å². The second-order valence-electron chi connectivity index (χ2n) is 7.13. The summed E-state index contributed by atoms with van der Waals surface area (Å²) in [6, 6.07) is 9.77. The van der Waals surface area contributed by atoms with Gasteiger partial charge in [-0.3, -0.25) is 9.79 Å². The molecule has 0 fully saturated rings. The fourth-order valence-corrected chi connectivity index (χ4v) is 2.16. The molecule has 0 aliphatic rings. The van der Waals surface area contributed by atoms with Crippen LogP contribution in [0.3, 0.4) is 0 Å². The quantitative estimate of drug-likeness (QED) is 0.174. The zero-order chi connectivity index (χ0) is 20.8. The number of carbonyl (C=O) groups excluding carboxylic acids is 2. The lowest BCUT2D eigenvalue weighted by molar-refractivity contribution is -0.121. The van der Waals surface area contributed by atoms with Gasteiger partial charge in [0.25, 0.3) is 0 Å². The lowest BCUT2D eigenvalue weighted by Crippen LogP contribution is -2.42. The second-order valence-corrected chi connectivity index (χ2v) is 7.13. The van der Waals surface area contributed by atoms with Crippen molar-refractivity contribution in [2.45, 2.75) is 46.3 Å². The van der Waals surface area contributed by atoms with Crippen LogP contribution in [0.4, 0.5) is 4.79 Å². The molecule has 0 atom stereocenters. The first-order chi connectivity index (χ1) is 13.3. The van der Waals surface area contributed by atoms with Gasteiger partial charge in [0.2, 0.25) is 5.91 Å². The van der Waals surface area contributed by atoms with Crippen LogP contribution in [0.5, 0.6) is 0 Å². The molecule has 0 aromatic heterocycles. The summed E-state index contributed by atoms with van der Waals surface area (Å²) < 4.78 is 5.17. The van der Waals surface area contributed by atoms with Gasteiger partial charge in [-0.25, -0.2) is 4.79 Å². The molecule has 8 nitrogen and oxygen atoms in total. The highest BCUT2D eigenvalue weighted by Gasteiger charge is 2.15. The van der Waals surface area contributed by atoms with Crippen LogP contribution in [0.2, 0.25) is 0 Å². The third kappa shape index (κ3) is 14.6. The van der Waals surface area contributed by atoms with Crippen molar-refractivity contribution in [1.82, 2.24) is 21.3 Å². The fraction of sp³-hybridized carbons (Fsp3) is 0.550. The van der Waals surface area contributed by atoms with Crippen molar-refractivity contribution in [2.75, 3.05) is 26.2 Å². The molecule has 0 saturated heterocycles. The van der Waals surface area contributed by atoms with E-state index in [1.54, 1.807) is 0 Å². The lowest BCUT2D eigenvalue weighted by atomic mass is 10.2. The van der Waals surface area contributed by atoms with E-state index in [2.05, 4.69) is 26.3 Å². The Balaban J connectivity index is 0.00000784. The van der Waals surface area contributed by atoms with Gasteiger partial charge >= 0.3 is 6.09 Å². The first-order valence-electron chi connectivity index (χ1n) is 9.60. The molecule has 1 aromatic rings. The second kappa shape index (κ2) is 14.9. The number of hydrogen-bond donors (Lipinski definition) is 4. The Kier molecular flexibility index (Phi) is 13.8. The lowest BCUT2D eigenvalue weighted by Gasteiger charge is -2.19. The molecule has 29 heavy (non-hydrogen) atoms. The standard InChI is InChI=1S/C20H33N5O3.HI/c1-5-21-18(23-13-14-24-19(27)28-20(2,3)4)22-12-11-17(26)25-15-16-9-7-6-8-10-16;/h6-10H,5,11-15H2,1-4H3,(H,24,27)(H,25,26)(H2,21,22,23);1H. The zero-order valence-corrected chi connectivity index (χ0v) is 20.0. The SMILES string of the molecule is CCNC(=NCCC(=O)NCc1ccccc1)NCCNC(=O)OC(C)(C)C.I. The zero-order valence-electron chi connectivity index (χ0n) is 17.7. The number of nitrogens with zero attached hydrogens (tertiary/aromatic N) is 1. The molecule has 0 unspecified atom stereocenters. The van der Waals surface area contributed by atoms with Crippen molar-refractivity contribution in [3.63, 3.8) is 0 Å². The van der Waals surface area contributed by atoms with E-state index in [4.69, 9.17) is 4.74 Å². The van der Waals surface area contributed by atoms with Gasteiger partial charge in [0.1, 0.15) is 5.60 Å². The van der Waals surface area contributed by atoms with Gasteiger partial charge in [-0.1, -0.05) is 30.3 Å². The molecule has 1 rings (SSSR count). The van der Waals surface area contributed by atoms with E-state index in [0.717, 1.165) is 5.56 Å². The summed E-state index contributed by atoms with van der Waals surface area (Å²) in [6.45, 7) is 9.88. The van der Waals surface area contributed by atoms with E-state index in [0.29, 0.717) is 45.1 Å². The maximum Gasteiger partial charge on any atom is 0.407 e. The monoisotopic (exact) mass is 519 g/mol. The number of benzene rings is 1. The summed E-state index contributed by atoms with van der Waals surface area (Å²) in [5.41, 5.74) is 0.543. The first-order valence-corrected chi connectivity index (χ1v) is 9.60. The van der Waals surface area contributed by atoms with Gasteiger partial charge in [0.15, 0.2) is 5.96 Å². The predicted octanol–water partition coefficient (Wildman–Crippen LogP) is 2.39. The highest BCUT2D eigenvalue weighted by Crippen LogP contribution is 2.05. The van der Waals surface area contributed by atoms with Crippen molar-refractivity contribution in [3.05, 3.63) is 35.9 Å². The van der Waals surface area contributed by atoms with Crippen molar-refractivity contribution in [3.8, 4) is 0 Å². The average Bonchev–Trinajstić information content (AvgIpc) is 2.63. The maximum atomic E-state index is 11.9. The van der Waals surface area contributed by atoms with Crippen LogP contribution in [-0.4, -0.2) is 49.7 Å². The normalized spacial score (nSPS) is 11.1. The number of halogens is 1. The van der Waals surface area contributed by atoms with Crippen LogP contribution in [-0.2, 0) is 16.1 Å². The van der Waals surface area contributed by atoms with E-state index in [9.17, 15) is 9.59 Å². The van der Waals surface area contributed by atoms with Crippen LogP contribution < -0.4 is 21.3 Å². The number of alkyl carbamates (subject to hydrolysis) is 1. The smallest absolute Gasteiger partial charge is 0.407 e. The van der Waals surface area contributed by atoms with Crippen molar-refractivity contribution in [1.29, 1.82) is 0 Å². The fourth-order valence-electron chi connectivity index (χ4n) is 2.16. The maximum absolute atomic E-state index is 11.9. The van der Waals surface area contributed by atoms with Crippen molar-refractivity contribution >= 4 is 41.9 Å². The molecule has 2 amide bonds. The van der Waals surface area contributed by atoms with Crippen molar-refractivity contribution in [2.24, 2.45) is 4.99 Å². The summed E-state index contributed by atoms with van der Waals surface area (Å²) in [6.07, 6.45) is -0.147. The molecule has 0 saturated carbocycles. The van der Waals surface area contributed by atoms with Gasteiger partial charge in [-0.05, 0) is 33.3 Å². The number of ether oxygens (including phenoxy) is 1. The molecular weight excluding hydrogens is 485 g/mol. The van der Waals surface area contributed by atoms with Gasteiger partial charge in [-0.2, -0.15) is 0 Å².